The molecule has 272 valence electrons. The monoisotopic (exact) mass is 729 g/mol. The van der Waals surface area contributed by atoms with Gasteiger partial charge in [0.15, 0.2) is 16.8 Å². The van der Waals surface area contributed by atoms with Crippen LogP contribution in [-0.2, 0) is 10.9 Å². The summed E-state index contributed by atoms with van der Waals surface area (Å²) >= 11 is 6.04. The fraction of sp³-hybridized carbons (Fsp3) is 0.576. The number of hydrogen-bond donors (Lipinski definition) is 0. The van der Waals surface area contributed by atoms with Crippen molar-refractivity contribution in [2.45, 2.75) is 64.7 Å². The Morgan fingerprint density at radius 2 is 1.60 bits per heavy atom. The Bertz CT molecular complexity index is 1720. The lowest BCUT2D eigenvalue weighted by Crippen LogP contribution is -2.49. The lowest BCUT2D eigenvalue weighted by Gasteiger charge is -2.38. The molecular formula is C33H38ClF6N7O3. The van der Waals surface area contributed by atoms with Crippen molar-refractivity contribution in [2.75, 3.05) is 62.3 Å². The van der Waals surface area contributed by atoms with Gasteiger partial charge in [-0.25, -0.2) is 28.0 Å². The van der Waals surface area contributed by atoms with Crippen LogP contribution >= 0.6 is 11.6 Å². The number of nitrogens with zero attached hydrogens (tertiary/aromatic N) is 7. The largest absolute Gasteiger partial charge is 0.463 e. The molecule has 3 aliphatic rings. The fourth-order valence-corrected chi connectivity index (χ4v) is 6.46. The van der Waals surface area contributed by atoms with E-state index >= 15 is 4.39 Å². The number of benzene rings is 1. The quantitative estimate of drug-likeness (QED) is 0.185. The highest BCUT2D eigenvalue weighted by molar-refractivity contribution is 6.30. The van der Waals surface area contributed by atoms with E-state index < -0.39 is 40.9 Å². The van der Waals surface area contributed by atoms with E-state index in [1.807, 2.05) is 0 Å². The first-order valence-electron chi connectivity index (χ1n) is 16.5. The molecule has 4 heterocycles. The third kappa shape index (κ3) is 7.90. The Kier molecular flexibility index (Phi) is 9.89. The van der Waals surface area contributed by atoms with Gasteiger partial charge in [-0.1, -0.05) is 11.6 Å². The number of pyridine rings is 1. The van der Waals surface area contributed by atoms with E-state index in [9.17, 15) is 26.7 Å². The van der Waals surface area contributed by atoms with Gasteiger partial charge in [-0.2, -0.15) is 23.1 Å². The van der Waals surface area contributed by atoms with Crippen molar-refractivity contribution in [3.05, 3.63) is 46.5 Å². The van der Waals surface area contributed by atoms with Gasteiger partial charge in [0.25, 0.3) is 0 Å². The van der Waals surface area contributed by atoms with Crippen LogP contribution in [0.3, 0.4) is 0 Å². The maximum absolute atomic E-state index is 15.4. The molecule has 0 radical (unpaired) electrons. The molecule has 0 spiro atoms. The molecule has 3 fully saturated rings. The van der Waals surface area contributed by atoms with Crippen molar-refractivity contribution in [1.29, 1.82) is 0 Å². The van der Waals surface area contributed by atoms with Crippen LogP contribution in [0.15, 0.2) is 18.3 Å². The zero-order chi connectivity index (χ0) is 36.0. The van der Waals surface area contributed by atoms with Crippen LogP contribution in [-0.4, -0.2) is 89.0 Å². The van der Waals surface area contributed by atoms with Crippen molar-refractivity contribution < 1.29 is 40.6 Å². The normalized spacial score (nSPS) is 18.7. The summed E-state index contributed by atoms with van der Waals surface area (Å²) in [6, 6.07) is 1.35. The molecule has 6 rings (SSSR count). The van der Waals surface area contributed by atoms with E-state index in [0.29, 0.717) is 45.8 Å². The summed E-state index contributed by atoms with van der Waals surface area (Å²) in [5.41, 5.74) is -2.95. The van der Waals surface area contributed by atoms with Crippen LogP contribution in [0.4, 0.5) is 42.6 Å². The minimum absolute atomic E-state index is 0.0542. The second-order valence-corrected chi connectivity index (χ2v) is 14.4. The summed E-state index contributed by atoms with van der Waals surface area (Å²) in [5, 5.41) is 3.01. The van der Waals surface area contributed by atoms with Gasteiger partial charge >= 0.3 is 18.3 Å². The Balaban J connectivity index is 1.17. The lowest BCUT2D eigenvalue weighted by molar-refractivity contribution is -0.142. The molecule has 1 saturated carbocycles. The fourth-order valence-electron chi connectivity index (χ4n) is 6.32. The number of carbonyl (C=O) groups is 1. The van der Waals surface area contributed by atoms with E-state index in [2.05, 4.69) is 19.9 Å². The van der Waals surface area contributed by atoms with E-state index in [1.54, 1.807) is 30.7 Å². The predicted octanol–water partition coefficient (Wildman–Crippen LogP) is 7.24. The topological polar surface area (TPSA) is 87.2 Å². The molecule has 10 nitrogen and oxygen atoms in total. The van der Waals surface area contributed by atoms with E-state index in [1.165, 1.54) is 11.2 Å². The summed E-state index contributed by atoms with van der Waals surface area (Å²) in [6.07, 6.45) is -0.321. The first-order chi connectivity index (χ1) is 23.5. The first kappa shape index (κ1) is 36.0. The standard InChI is InChI=1S/C33H38ClF6N7O3/c1-31(2,3)50-30(48)47-10-6-4-5-9-46(47)28-21-17-41-27(34)25(37)26(21)42-29(43-28)49-19-32(7-8-32)18-44-11-13-45(14-12-44)20-15-22(35)24(23(36)16-20)33(38,39)40/h15-17H,4-14,18-19H2,1-3H3. The average Bonchev–Trinajstić information content (AvgIpc) is 3.83. The minimum Gasteiger partial charge on any atom is -0.463 e. The second-order valence-electron chi connectivity index (χ2n) is 14.1. The molecule has 2 aliphatic heterocycles. The molecule has 1 aliphatic carbocycles. The summed E-state index contributed by atoms with van der Waals surface area (Å²) in [6.45, 7) is 8.65. The lowest BCUT2D eigenvalue weighted by atomic mass is 10.1. The number of anilines is 2. The van der Waals surface area contributed by atoms with Crippen LogP contribution in [0.25, 0.3) is 10.9 Å². The molecule has 50 heavy (non-hydrogen) atoms. The number of alkyl halides is 3. The number of piperazine rings is 1. The zero-order valence-corrected chi connectivity index (χ0v) is 28.7. The van der Waals surface area contributed by atoms with Crippen molar-refractivity contribution in [2.24, 2.45) is 5.41 Å². The number of halogens is 7. The van der Waals surface area contributed by atoms with Crippen LogP contribution in [0.1, 0.15) is 58.4 Å². The van der Waals surface area contributed by atoms with Gasteiger partial charge in [0.2, 0.25) is 0 Å². The molecule has 2 saturated heterocycles. The van der Waals surface area contributed by atoms with Crippen molar-refractivity contribution in [1.82, 2.24) is 24.9 Å². The molecule has 1 amide bonds. The number of aromatic nitrogens is 3. The number of hydrogen-bond acceptors (Lipinski definition) is 9. The maximum atomic E-state index is 15.4. The molecule has 17 heteroatoms. The highest BCUT2D eigenvalue weighted by atomic mass is 35.5. The van der Waals surface area contributed by atoms with Crippen LogP contribution < -0.4 is 14.6 Å². The van der Waals surface area contributed by atoms with Gasteiger partial charge < -0.3 is 14.4 Å². The van der Waals surface area contributed by atoms with E-state index in [4.69, 9.17) is 21.1 Å². The average molecular weight is 730 g/mol. The minimum atomic E-state index is -5.13. The highest BCUT2D eigenvalue weighted by Gasteiger charge is 2.46. The number of amides is 1. The van der Waals surface area contributed by atoms with Gasteiger partial charge in [-0.3, -0.25) is 9.91 Å². The van der Waals surface area contributed by atoms with Crippen LogP contribution in [0.5, 0.6) is 6.01 Å². The molecule has 1 aromatic carbocycles. The molecule has 0 unspecified atom stereocenters. The van der Waals surface area contributed by atoms with Crippen molar-refractivity contribution >= 4 is 40.1 Å². The summed E-state index contributed by atoms with van der Waals surface area (Å²) < 4.78 is 94.7. The number of carbonyl (C=O) groups excluding carboxylic acids is 1. The Labute approximate surface area is 290 Å². The Morgan fingerprint density at radius 3 is 2.22 bits per heavy atom. The number of ether oxygens (including phenoxy) is 2. The number of hydrazine groups is 1. The third-order valence-electron chi connectivity index (χ3n) is 9.05. The van der Waals surface area contributed by atoms with Gasteiger partial charge in [-0.05, 0) is 65.0 Å². The van der Waals surface area contributed by atoms with Crippen molar-refractivity contribution in [3.63, 3.8) is 0 Å². The third-order valence-corrected chi connectivity index (χ3v) is 9.32. The maximum Gasteiger partial charge on any atom is 0.429 e. The summed E-state index contributed by atoms with van der Waals surface area (Å²) in [7, 11) is 0. The Morgan fingerprint density at radius 1 is 0.940 bits per heavy atom. The predicted molar refractivity (Wildman–Crippen MR) is 174 cm³/mol. The number of rotatable bonds is 7. The summed E-state index contributed by atoms with van der Waals surface area (Å²) in [5.74, 6) is -3.90. The molecule has 3 aromatic rings. The van der Waals surface area contributed by atoms with Gasteiger partial charge in [-0.15, -0.1) is 0 Å². The van der Waals surface area contributed by atoms with Gasteiger partial charge in [0.1, 0.15) is 28.3 Å². The van der Waals surface area contributed by atoms with Crippen LogP contribution in [0.2, 0.25) is 5.15 Å². The number of fused-ring (bicyclic) bond motifs is 1. The van der Waals surface area contributed by atoms with Gasteiger partial charge in [0.05, 0.1) is 12.0 Å². The van der Waals surface area contributed by atoms with E-state index in [0.717, 1.165) is 44.2 Å². The van der Waals surface area contributed by atoms with E-state index in [-0.39, 0.29) is 45.6 Å². The summed E-state index contributed by atoms with van der Waals surface area (Å²) in [4.78, 5) is 30.1. The first-order valence-corrected chi connectivity index (χ1v) is 16.9. The smallest absolute Gasteiger partial charge is 0.429 e. The molecular weight excluding hydrogens is 692 g/mol. The molecule has 0 N–H and O–H groups in total. The van der Waals surface area contributed by atoms with Crippen LogP contribution in [0, 0.1) is 22.9 Å². The molecule has 2 aromatic heterocycles. The highest BCUT2D eigenvalue weighted by Crippen LogP contribution is 2.47. The molecule has 0 atom stereocenters. The second kappa shape index (κ2) is 13.7. The SMILES string of the molecule is CC(C)(C)OC(=O)N1CCCCCN1c1nc(OCC2(CN3CCN(c4cc(F)c(C(F)(F)F)c(F)c4)CC3)CC2)nc2c(F)c(Cl)ncc12. The Hall–Kier alpha value is -3.79. The van der Waals surface area contributed by atoms with Gasteiger partial charge in [0, 0.05) is 63.1 Å². The zero-order valence-electron chi connectivity index (χ0n) is 27.9. The molecule has 0 bridgehead atoms. The van der Waals surface area contributed by atoms with Crippen molar-refractivity contribution in [3.8, 4) is 6.01 Å².